The summed E-state index contributed by atoms with van der Waals surface area (Å²) in [6.45, 7) is 0. The number of fused-ring (bicyclic) bond motifs is 1. The summed E-state index contributed by atoms with van der Waals surface area (Å²) in [7, 11) is 3.94. The lowest BCUT2D eigenvalue weighted by Gasteiger charge is -2.18. The molecule has 2 aromatic rings. The second-order valence-corrected chi connectivity index (χ2v) is 5.88. The van der Waals surface area contributed by atoms with Gasteiger partial charge in [0.1, 0.15) is 5.82 Å². The number of benzene rings is 1. The van der Waals surface area contributed by atoms with Crippen LogP contribution in [0.2, 0.25) is 10.0 Å². The van der Waals surface area contributed by atoms with E-state index in [1.54, 1.807) is 0 Å². The molecule has 0 amide bonds. The molecule has 0 atom stereocenters. The molecular weight excluding hydrogens is 281 g/mol. The molecule has 0 saturated heterocycles. The predicted octanol–water partition coefficient (Wildman–Crippen LogP) is 4.18. The Hall–Kier alpha value is -1.19. The summed E-state index contributed by atoms with van der Waals surface area (Å²) >= 11 is 12.5. The molecule has 19 heavy (non-hydrogen) atoms. The normalized spacial score (nSPS) is 14.7. The quantitative estimate of drug-likeness (QED) is 0.921. The van der Waals surface area contributed by atoms with Crippen molar-refractivity contribution in [3.63, 3.8) is 0 Å². The molecule has 5 heteroatoms. The van der Waals surface area contributed by atoms with Crippen molar-refractivity contribution in [2.45, 2.75) is 18.9 Å². The lowest BCUT2D eigenvalue weighted by Crippen LogP contribution is -2.12. The van der Waals surface area contributed by atoms with E-state index in [0.717, 1.165) is 22.3 Å². The molecule has 0 bridgehead atoms. The van der Waals surface area contributed by atoms with E-state index in [0.29, 0.717) is 16.1 Å². The number of hydrogen-bond acceptors (Lipinski definition) is 3. The van der Waals surface area contributed by atoms with E-state index in [4.69, 9.17) is 23.2 Å². The predicted molar refractivity (Wildman–Crippen MR) is 82.7 cm³/mol. The Kier molecular flexibility index (Phi) is 3.19. The van der Waals surface area contributed by atoms with Crippen LogP contribution < -0.4 is 10.2 Å². The molecule has 3 nitrogen and oxygen atoms in total. The Bertz CT molecular complexity index is 636. The van der Waals surface area contributed by atoms with Crippen LogP contribution in [-0.4, -0.2) is 25.1 Å². The molecule has 1 heterocycles. The van der Waals surface area contributed by atoms with Gasteiger partial charge in [-0.2, -0.15) is 0 Å². The summed E-state index contributed by atoms with van der Waals surface area (Å²) in [5.74, 6) is 0.898. The summed E-state index contributed by atoms with van der Waals surface area (Å²) in [5, 5.41) is 6.61. The first-order valence-electron chi connectivity index (χ1n) is 6.28. The monoisotopic (exact) mass is 295 g/mol. The maximum absolute atomic E-state index is 6.39. The average Bonchev–Trinajstić information content (AvgIpc) is 3.17. The Labute approximate surface area is 122 Å². The van der Waals surface area contributed by atoms with E-state index in [2.05, 4.69) is 10.3 Å². The van der Waals surface area contributed by atoms with Crippen molar-refractivity contribution in [1.82, 2.24) is 4.98 Å². The SMILES string of the molecule is CN(C)c1ncc(NC2CC2)c2c(Cl)c(Cl)ccc12. The van der Waals surface area contributed by atoms with Gasteiger partial charge in [-0.15, -0.1) is 0 Å². The van der Waals surface area contributed by atoms with Crippen LogP contribution in [0.1, 0.15) is 12.8 Å². The third-order valence-electron chi connectivity index (χ3n) is 3.28. The molecule has 0 spiro atoms. The van der Waals surface area contributed by atoms with Crippen LogP contribution in [0.4, 0.5) is 11.5 Å². The molecule has 1 N–H and O–H groups in total. The minimum atomic E-state index is 0.547. The zero-order valence-corrected chi connectivity index (χ0v) is 12.4. The number of nitrogens with one attached hydrogen (secondary N) is 1. The number of nitrogens with zero attached hydrogens (tertiary/aromatic N) is 2. The van der Waals surface area contributed by atoms with Crippen LogP contribution in [0.15, 0.2) is 18.3 Å². The Morgan fingerprint density at radius 1 is 1.26 bits per heavy atom. The average molecular weight is 296 g/mol. The lowest BCUT2D eigenvalue weighted by atomic mass is 10.1. The van der Waals surface area contributed by atoms with Gasteiger partial charge in [-0.1, -0.05) is 23.2 Å². The van der Waals surface area contributed by atoms with Crippen LogP contribution in [0.3, 0.4) is 0 Å². The number of aromatic nitrogens is 1. The van der Waals surface area contributed by atoms with Crippen LogP contribution in [-0.2, 0) is 0 Å². The topological polar surface area (TPSA) is 28.2 Å². The molecule has 0 radical (unpaired) electrons. The van der Waals surface area contributed by atoms with E-state index in [-0.39, 0.29) is 0 Å². The van der Waals surface area contributed by atoms with E-state index in [1.165, 1.54) is 12.8 Å². The number of halogens is 2. The van der Waals surface area contributed by atoms with Gasteiger partial charge in [-0.3, -0.25) is 0 Å². The number of hydrogen-bond donors (Lipinski definition) is 1. The van der Waals surface area contributed by atoms with Gasteiger partial charge in [-0.25, -0.2) is 4.98 Å². The van der Waals surface area contributed by atoms with Gasteiger partial charge in [0.2, 0.25) is 0 Å². The molecule has 1 aliphatic carbocycles. The zero-order chi connectivity index (χ0) is 13.6. The van der Waals surface area contributed by atoms with E-state index in [9.17, 15) is 0 Å². The Morgan fingerprint density at radius 3 is 2.63 bits per heavy atom. The highest BCUT2D eigenvalue weighted by molar-refractivity contribution is 6.46. The maximum Gasteiger partial charge on any atom is 0.136 e. The number of anilines is 2. The van der Waals surface area contributed by atoms with Crippen LogP contribution in [0.25, 0.3) is 10.8 Å². The minimum Gasteiger partial charge on any atom is -0.381 e. The standard InChI is InChI=1S/C14H15Cl2N3/c1-19(2)14-9-5-6-10(15)13(16)12(9)11(7-17-14)18-8-3-4-8/h5-8,18H,3-4H2,1-2H3. The van der Waals surface area contributed by atoms with Crippen LogP contribution in [0.5, 0.6) is 0 Å². The smallest absolute Gasteiger partial charge is 0.136 e. The summed E-state index contributed by atoms with van der Waals surface area (Å²) in [6.07, 6.45) is 4.25. The highest BCUT2D eigenvalue weighted by atomic mass is 35.5. The second kappa shape index (κ2) is 4.73. The molecule has 100 valence electrons. The minimum absolute atomic E-state index is 0.547. The van der Waals surface area contributed by atoms with Crippen molar-refractivity contribution >= 4 is 45.5 Å². The molecule has 3 rings (SSSR count). The van der Waals surface area contributed by atoms with Gasteiger partial charge in [0, 0.05) is 30.9 Å². The van der Waals surface area contributed by atoms with Crippen LogP contribution >= 0.6 is 23.2 Å². The molecule has 0 aliphatic heterocycles. The van der Waals surface area contributed by atoms with E-state index in [1.807, 2.05) is 37.3 Å². The third-order valence-corrected chi connectivity index (χ3v) is 4.09. The number of pyridine rings is 1. The Balaban J connectivity index is 2.26. The first kappa shape index (κ1) is 12.8. The fourth-order valence-corrected chi connectivity index (χ4v) is 2.60. The van der Waals surface area contributed by atoms with Crippen molar-refractivity contribution in [1.29, 1.82) is 0 Å². The van der Waals surface area contributed by atoms with Gasteiger partial charge >= 0.3 is 0 Å². The summed E-state index contributed by atoms with van der Waals surface area (Å²) in [5.41, 5.74) is 0.968. The largest absolute Gasteiger partial charge is 0.381 e. The summed E-state index contributed by atoms with van der Waals surface area (Å²) in [6, 6.07) is 4.34. The van der Waals surface area contributed by atoms with Crippen molar-refractivity contribution in [2.24, 2.45) is 0 Å². The fraction of sp³-hybridized carbons (Fsp3) is 0.357. The molecule has 1 aromatic heterocycles. The molecule has 1 aromatic carbocycles. The van der Waals surface area contributed by atoms with E-state index >= 15 is 0 Å². The lowest BCUT2D eigenvalue weighted by molar-refractivity contribution is 1.08. The molecule has 1 aliphatic rings. The molecule has 1 saturated carbocycles. The third kappa shape index (κ3) is 2.33. The van der Waals surface area contributed by atoms with Gasteiger partial charge in [0.25, 0.3) is 0 Å². The zero-order valence-electron chi connectivity index (χ0n) is 10.9. The first-order chi connectivity index (χ1) is 9.08. The second-order valence-electron chi connectivity index (χ2n) is 5.09. The Morgan fingerprint density at radius 2 is 2.00 bits per heavy atom. The molecule has 1 fully saturated rings. The summed E-state index contributed by atoms with van der Waals surface area (Å²) in [4.78, 5) is 6.50. The van der Waals surface area contributed by atoms with Gasteiger partial charge < -0.3 is 10.2 Å². The van der Waals surface area contributed by atoms with Crippen molar-refractivity contribution in [2.75, 3.05) is 24.3 Å². The van der Waals surface area contributed by atoms with Gasteiger partial charge in [-0.05, 0) is 25.0 Å². The number of rotatable bonds is 3. The highest BCUT2D eigenvalue weighted by Gasteiger charge is 2.23. The van der Waals surface area contributed by atoms with Gasteiger partial charge in [0.05, 0.1) is 21.9 Å². The first-order valence-corrected chi connectivity index (χ1v) is 7.04. The van der Waals surface area contributed by atoms with Crippen molar-refractivity contribution in [3.05, 3.63) is 28.4 Å². The van der Waals surface area contributed by atoms with Crippen molar-refractivity contribution in [3.8, 4) is 0 Å². The molecular formula is C14H15Cl2N3. The highest BCUT2D eigenvalue weighted by Crippen LogP contribution is 2.40. The fourth-order valence-electron chi connectivity index (χ4n) is 2.17. The molecule has 0 unspecified atom stereocenters. The van der Waals surface area contributed by atoms with E-state index < -0.39 is 0 Å². The maximum atomic E-state index is 6.39. The summed E-state index contributed by atoms with van der Waals surface area (Å²) < 4.78 is 0. The van der Waals surface area contributed by atoms with Crippen molar-refractivity contribution < 1.29 is 0 Å². The van der Waals surface area contributed by atoms with Crippen LogP contribution in [0, 0.1) is 0 Å². The van der Waals surface area contributed by atoms with Gasteiger partial charge in [0.15, 0.2) is 0 Å².